The highest BCUT2D eigenvalue weighted by atomic mass is 15.2. The van der Waals surface area contributed by atoms with Crippen molar-refractivity contribution in [3.63, 3.8) is 0 Å². The molecule has 19 heavy (non-hydrogen) atoms. The normalized spacial score (nSPS) is 31.9. The van der Waals surface area contributed by atoms with Crippen molar-refractivity contribution in [3.8, 4) is 0 Å². The molecular formula is C17H34N2. The zero-order valence-corrected chi connectivity index (χ0v) is 13.2. The molecule has 0 radical (unpaired) electrons. The highest BCUT2D eigenvalue weighted by Crippen LogP contribution is 2.27. The van der Waals surface area contributed by atoms with Crippen LogP contribution in [0.25, 0.3) is 0 Å². The minimum atomic E-state index is 0.753. The minimum absolute atomic E-state index is 0.753. The molecule has 2 fully saturated rings. The first-order valence-electron chi connectivity index (χ1n) is 8.82. The molecule has 2 nitrogen and oxygen atoms in total. The smallest absolute Gasteiger partial charge is 0.0249 e. The van der Waals surface area contributed by atoms with E-state index in [0.717, 1.165) is 24.5 Å². The van der Waals surface area contributed by atoms with Gasteiger partial charge in [0.05, 0.1) is 0 Å². The number of nitrogens with zero attached hydrogens (tertiary/aromatic N) is 1. The number of hydrogen-bond acceptors (Lipinski definition) is 2. The van der Waals surface area contributed by atoms with Gasteiger partial charge in [-0.1, -0.05) is 46.0 Å². The molecule has 0 aromatic rings. The summed E-state index contributed by atoms with van der Waals surface area (Å²) in [5.41, 5.74) is 0. The van der Waals surface area contributed by atoms with Crippen LogP contribution in [0.5, 0.6) is 0 Å². The quantitative estimate of drug-likeness (QED) is 0.832. The molecule has 0 aromatic heterocycles. The van der Waals surface area contributed by atoms with Crippen LogP contribution >= 0.6 is 0 Å². The number of hydrogen-bond donors (Lipinski definition) is 1. The third kappa shape index (κ3) is 4.46. The maximum absolute atomic E-state index is 3.78. The lowest BCUT2D eigenvalue weighted by Crippen LogP contribution is -2.52. The van der Waals surface area contributed by atoms with Gasteiger partial charge in [0.2, 0.25) is 0 Å². The van der Waals surface area contributed by atoms with Crippen LogP contribution in [0.1, 0.15) is 71.6 Å². The van der Waals surface area contributed by atoms with Gasteiger partial charge in [-0.15, -0.1) is 0 Å². The summed E-state index contributed by atoms with van der Waals surface area (Å²) in [5, 5.41) is 3.78. The van der Waals surface area contributed by atoms with Crippen molar-refractivity contribution in [2.75, 3.05) is 19.6 Å². The summed E-state index contributed by atoms with van der Waals surface area (Å²) in [4.78, 5) is 2.82. The standard InChI is InChI=1S/C17H34N2/c1-3-15-11-13-19(14-12-15)17-10-8-6-5-7-9-16(17)18-4-2/h15-18H,3-14H2,1-2H3. The van der Waals surface area contributed by atoms with Crippen LogP contribution in [0.15, 0.2) is 0 Å². The molecule has 2 unspecified atom stereocenters. The summed E-state index contributed by atoms with van der Waals surface area (Å²) < 4.78 is 0. The largest absolute Gasteiger partial charge is 0.313 e. The molecule has 1 aliphatic carbocycles. The van der Waals surface area contributed by atoms with E-state index in [1.165, 1.54) is 70.9 Å². The fraction of sp³-hybridized carbons (Fsp3) is 1.00. The van der Waals surface area contributed by atoms with Gasteiger partial charge >= 0.3 is 0 Å². The van der Waals surface area contributed by atoms with Gasteiger partial charge in [0, 0.05) is 12.1 Å². The summed E-state index contributed by atoms with van der Waals surface area (Å²) in [7, 11) is 0. The molecule has 0 aromatic carbocycles. The number of rotatable bonds is 4. The van der Waals surface area contributed by atoms with E-state index in [9.17, 15) is 0 Å². The molecule has 2 heteroatoms. The number of piperidine rings is 1. The lowest BCUT2D eigenvalue weighted by molar-refractivity contribution is 0.0907. The van der Waals surface area contributed by atoms with Gasteiger partial charge in [-0.25, -0.2) is 0 Å². The first-order valence-corrected chi connectivity index (χ1v) is 8.82. The van der Waals surface area contributed by atoms with Crippen molar-refractivity contribution in [1.29, 1.82) is 0 Å². The molecule has 0 bridgehead atoms. The number of nitrogens with one attached hydrogen (secondary N) is 1. The van der Waals surface area contributed by atoms with E-state index in [0.29, 0.717) is 0 Å². The second kappa shape index (κ2) is 8.26. The maximum atomic E-state index is 3.78. The van der Waals surface area contributed by atoms with E-state index >= 15 is 0 Å². The van der Waals surface area contributed by atoms with Crippen LogP contribution in [-0.2, 0) is 0 Å². The van der Waals surface area contributed by atoms with Crippen LogP contribution in [0.4, 0.5) is 0 Å². The molecule has 0 spiro atoms. The number of likely N-dealkylation sites (tertiary alicyclic amines) is 1. The lowest BCUT2D eigenvalue weighted by Gasteiger charge is -2.42. The van der Waals surface area contributed by atoms with Crippen LogP contribution in [0.3, 0.4) is 0 Å². The molecule has 1 aliphatic heterocycles. The van der Waals surface area contributed by atoms with Gasteiger partial charge in [0.25, 0.3) is 0 Å². The van der Waals surface area contributed by atoms with E-state index in [-0.39, 0.29) is 0 Å². The highest BCUT2D eigenvalue weighted by Gasteiger charge is 2.30. The van der Waals surface area contributed by atoms with Gasteiger partial charge in [-0.2, -0.15) is 0 Å². The number of likely N-dealkylation sites (N-methyl/N-ethyl adjacent to an activating group) is 1. The van der Waals surface area contributed by atoms with Crippen LogP contribution in [0.2, 0.25) is 0 Å². The molecule has 2 rings (SSSR count). The van der Waals surface area contributed by atoms with E-state index in [4.69, 9.17) is 0 Å². The Balaban J connectivity index is 1.92. The van der Waals surface area contributed by atoms with Crippen LogP contribution in [0, 0.1) is 5.92 Å². The van der Waals surface area contributed by atoms with Gasteiger partial charge in [-0.3, -0.25) is 4.90 Å². The van der Waals surface area contributed by atoms with Crippen molar-refractivity contribution < 1.29 is 0 Å². The molecule has 1 saturated heterocycles. The average molecular weight is 266 g/mol. The second-order valence-electron chi connectivity index (χ2n) is 6.61. The van der Waals surface area contributed by atoms with Gasteiger partial charge < -0.3 is 5.32 Å². The molecule has 2 aliphatic rings. The predicted octanol–water partition coefficient (Wildman–Crippen LogP) is 3.81. The zero-order chi connectivity index (χ0) is 13.5. The predicted molar refractivity (Wildman–Crippen MR) is 83.5 cm³/mol. The Morgan fingerprint density at radius 1 is 0.895 bits per heavy atom. The Labute approximate surface area is 120 Å². The Bertz CT molecular complexity index is 233. The van der Waals surface area contributed by atoms with E-state index in [1.54, 1.807) is 0 Å². The Morgan fingerprint density at radius 2 is 1.58 bits per heavy atom. The fourth-order valence-electron chi connectivity index (χ4n) is 4.10. The molecule has 2 atom stereocenters. The molecule has 1 N–H and O–H groups in total. The first-order chi connectivity index (χ1) is 9.35. The second-order valence-corrected chi connectivity index (χ2v) is 6.61. The fourth-order valence-corrected chi connectivity index (χ4v) is 4.10. The summed E-state index contributed by atoms with van der Waals surface area (Å²) in [6, 6.07) is 1.57. The maximum Gasteiger partial charge on any atom is 0.0249 e. The van der Waals surface area contributed by atoms with E-state index < -0.39 is 0 Å². The Hall–Kier alpha value is -0.0800. The summed E-state index contributed by atoms with van der Waals surface area (Å²) >= 11 is 0. The monoisotopic (exact) mass is 266 g/mol. The molecule has 112 valence electrons. The van der Waals surface area contributed by atoms with Crippen molar-refractivity contribution in [2.45, 2.75) is 83.7 Å². The van der Waals surface area contributed by atoms with Crippen LogP contribution in [-0.4, -0.2) is 36.6 Å². The van der Waals surface area contributed by atoms with Gasteiger partial charge in [-0.05, 0) is 51.2 Å². The van der Waals surface area contributed by atoms with Gasteiger partial charge in [0.15, 0.2) is 0 Å². The molecular weight excluding hydrogens is 232 g/mol. The van der Waals surface area contributed by atoms with Crippen molar-refractivity contribution in [3.05, 3.63) is 0 Å². The first kappa shape index (κ1) is 15.3. The van der Waals surface area contributed by atoms with E-state index in [1.807, 2.05) is 0 Å². The molecule has 1 saturated carbocycles. The summed E-state index contributed by atoms with van der Waals surface area (Å²) in [5.74, 6) is 1.00. The van der Waals surface area contributed by atoms with Gasteiger partial charge in [0.1, 0.15) is 0 Å². The SMILES string of the molecule is CCNC1CCCCCCC1N1CCC(CC)CC1. The Kier molecular flexibility index (Phi) is 6.66. The lowest BCUT2D eigenvalue weighted by atomic mass is 9.87. The Morgan fingerprint density at radius 3 is 2.21 bits per heavy atom. The third-order valence-corrected chi connectivity index (χ3v) is 5.39. The topological polar surface area (TPSA) is 15.3 Å². The van der Waals surface area contributed by atoms with Crippen molar-refractivity contribution in [1.82, 2.24) is 10.2 Å². The van der Waals surface area contributed by atoms with Crippen molar-refractivity contribution >= 4 is 0 Å². The summed E-state index contributed by atoms with van der Waals surface area (Å²) in [6.07, 6.45) is 12.9. The summed E-state index contributed by atoms with van der Waals surface area (Å²) in [6.45, 7) is 8.46. The molecule has 1 heterocycles. The van der Waals surface area contributed by atoms with Crippen LogP contribution < -0.4 is 5.32 Å². The average Bonchev–Trinajstić information content (AvgIpc) is 2.43. The van der Waals surface area contributed by atoms with Crippen molar-refractivity contribution in [2.24, 2.45) is 5.92 Å². The third-order valence-electron chi connectivity index (χ3n) is 5.39. The highest BCUT2D eigenvalue weighted by molar-refractivity contribution is 4.88. The minimum Gasteiger partial charge on any atom is -0.313 e. The molecule has 0 amide bonds. The zero-order valence-electron chi connectivity index (χ0n) is 13.2. The van der Waals surface area contributed by atoms with E-state index in [2.05, 4.69) is 24.1 Å².